The van der Waals surface area contributed by atoms with Gasteiger partial charge >= 0.3 is 0 Å². The molecule has 0 fully saturated rings. The van der Waals surface area contributed by atoms with E-state index in [4.69, 9.17) is 11.6 Å². The number of hydrogen-bond acceptors (Lipinski definition) is 4. The van der Waals surface area contributed by atoms with E-state index in [1.165, 1.54) is 18.3 Å². The van der Waals surface area contributed by atoms with Crippen molar-refractivity contribution in [2.75, 3.05) is 5.32 Å². The van der Waals surface area contributed by atoms with Crippen molar-refractivity contribution < 1.29 is 4.39 Å². The average Bonchev–Trinajstić information content (AvgIpc) is 2.71. The van der Waals surface area contributed by atoms with Crippen molar-refractivity contribution in [2.24, 2.45) is 0 Å². The zero-order valence-electron chi connectivity index (χ0n) is 14.9. The summed E-state index contributed by atoms with van der Waals surface area (Å²) in [6.07, 6.45) is 3.33. The summed E-state index contributed by atoms with van der Waals surface area (Å²) in [7, 11) is 0. The number of aryl methyl sites for hydroxylation is 1. The molecule has 2 heterocycles. The predicted octanol–water partition coefficient (Wildman–Crippen LogP) is 6.01. The van der Waals surface area contributed by atoms with Crippen LogP contribution < -0.4 is 5.32 Å². The predicted molar refractivity (Wildman–Crippen MR) is 109 cm³/mol. The number of pyridine rings is 2. The van der Waals surface area contributed by atoms with Crippen molar-refractivity contribution in [3.63, 3.8) is 0 Å². The maximum absolute atomic E-state index is 13.5. The molecule has 0 amide bonds. The summed E-state index contributed by atoms with van der Waals surface area (Å²) in [5, 5.41) is 13.5. The van der Waals surface area contributed by atoms with Gasteiger partial charge in [0.1, 0.15) is 11.9 Å². The Bertz CT molecular complexity index is 1230. The number of rotatable bonds is 3. The molecule has 4 nitrogen and oxygen atoms in total. The molecule has 0 unspecified atom stereocenters. The molecule has 0 spiro atoms. The zero-order chi connectivity index (χ0) is 19.7. The highest BCUT2D eigenvalue weighted by molar-refractivity contribution is 6.31. The largest absolute Gasteiger partial charge is 0.354 e. The van der Waals surface area contributed by atoms with E-state index in [0.717, 1.165) is 27.7 Å². The van der Waals surface area contributed by atoms with E-state index in [2.05, 4.69) is 21.4 Å². The molecule has 0 saturated heterocycles. The molecule has 6 heteroatoms. The van der Waals surface area contributed by atoms with Crippen LogP contribution in [0.1, 0.15) is 11.3 Å². The Morgan fingerprint density at radius 3 is 2.54 bits per heavy atom. The average molecular weight is 389 g/mol. The molecule has 0 bridgehead atoms. The molecule has 0 saturated carbocycles. The summed E-state index contributed by atoms with van der Waals surface area (Å²) in [5.74, 6) is -0.499. The lowest BCUT2D eigenvalue weighted by molar-refractivity contribution is 0.628. The first-order valence-corrected chi connectivity index (χ1v) is 8.91. The highest BCUT2D eigenvalue weighted by atomic mass is 35.5. The third-order valence-corrected chi connectivity index (χ3v) is 4.71. The SMILES string of the molecule is Cc1ccc(-c2ccc3ncc(C#N)c(Nc4ccc(F)c(Cl)c4)c3c2)cn1. The highest BCUT2D eigenvalue weighted by Gasteiger charge is 2.12. The van der Waals surface area contributed by atoms with Crippen LogP contribution in [0.15, 0.2) is 60.9 Å². The summed E-state index contributed by atoms with van der Waals surface area (Å²) in [5.41, 5.74) is 5.15. The number of hydrogen-bond donors (Lipinski definition) is 1. The summed E-state index contributed by atoms with van der Waals surface area (Å²) in [6, 6.07) is 16.3. The minimum Gasteiger partial charge on any atom is -0.354 e. The molecule has 0 radical (unpaired) electrons. The number of halogens is 2. The fourth-order valence-corrected chi connectivity index (χ4v) is 3.13. The van der Waals surface area contributed by atoms with Crippen LogP contribution in [0.5, 0.6) is 0 Å². The number of nitrogens with zero attached hydrogens (tertiary/aromatic N) is 3. The van der Waals surface area contributed by atoms with Crippen LogP contribution in [-0.2, 0) is 0 Å². The topological polar surface area (TPSA) is 61.6 Å². The van der Waals surface area contributed by atoms with E-state index in [0.29, 0.717) is 16.9 Å². The molecule has 2 aromatic heterocycles. The molecule has 0 atom stereocenters. The van der Waals surface area contributed by atoms with Crippen molar-refractivity contribution in [3.05, 3.63) is 83.0 Å². The lowest BCUT2D eigenvalue weighted by atomic mass is 10.0. The van der Waals surface area contributed by atoms with Crippen molar-refractivity contribution in [1.82, 2.24) is 9.97 Å². The maximum atomic E-state index is 13.5. The monoisotopic (exact) mass is 388 g/mol. The standard InChI is InChI=1S/C22H14ClFN4/c1-13-2-3-15(11-26-13)14-4-7-21-18(8-14)22(16(10-25)12-27-21)28-17-5-6-20(24)19(23)9-17/h2-9,11-12H,1H3,(H,27,28). The van der Waals surface area contributed by atoms with Crippen LogP contribution in [0, 0.1) is 24.1 Å². The first kappa shape index (κ1) is 17.9. The van der Waals surface area contributed by atoms with Gasteiger partial charge in [0.05, 0.1) is 21.8 Å². The van der Waals surface area contributed by atoms with Crippen molar-refractivity contribution >= 4 is 33.9 Å². The molecule has 136 valence electrons. The molecule has 0 aliphatic carbocycles. The van der Waals surface area contributed by atoms with Gasteiger partial charge in [-0.15, -0.1) is 0 Å². The Morgan fingerprint density at radius 1 is 1.00 bits per heavy atom. The van der Waals surface area contributed by atoms with Gasteiger partial charge in [0.15, 0.2) is 0 Å². The van der Waals surface area contributed by atoms with Crippen molar-refractivity contribution in [2.45, 2.75) is 6.92 Å². The Kier molecular flexibility index (Phi) is 4.64. The van der Waals surface area contributed by atoms with Gasteiger partial charge in [0.25, 0.3) is 0 Å². The Balaban J connectivity index is 1.87. The molecule has 0 aliphatic rings. The maximum Gasteiger partial charge on any atom is 0.141 e. The minimum absolute atomic E-state index is 0.00767. The molecule has 2 aromatic carbocycles. The van der Waals surface area contributed by atoms with Gasteiger partial charge in [-0.25, -0.2) is 4.39 Å². The van der Waals surface area contributed by atoms with Gasteiger partial charge in [-0.05, 0) is 48.9 Å². The Morgan fingerprint density at radius 2 is 1.82 bits per heavy atom. The fourth-order valence-electron chi connectivity index (χ4n) is 2.95. The lowest BCUT2D eigenvalue weighted by Crippen LogP contribution is -1.97. The van der Waals surface area contributed by atoms with E-state index < -0.39 is 5.82 Å². The lowest BCUT2D eigenvalue weighted by Gasteiger charge is -2.13. The van der Waals surface area contributed by atoms with Gasteiger partial charge in [-0.3, -0.25) is 9.97 Å². The normalized spacial score (nSPS) is 10.6. The summed E-state index contributed by atoms with van der Waals surface area (Å²) in [4.78, 5) is 8.71. The molecule has 1 N–H and O–H groups in total. The van der Waals surface area contributed by atoms with E-state index >= 15 is 0 Å². The third kappa shape index (κ3) is 3.38. The van der Waals surface area contributed by atoms with Crippen LogP contribution >= 0.6 is 11.6 Å². The van der Waals surface area contributed by atoms with Crippen molar-refractivity contribution in [1.29, 1.82) is 5.26 Å². The van der Waals surface area contributed by atoms with Crippen LogP contribution in [0.2, 0.25) is 5.02 Å². The third-order valence-electron chi connectivity index (χ3n) is 4.42. The molecule has 4 rings (SSSR count). The van der Waals surface area contributed by atoms with Crippen LogP contribution in [-0.4, -0.2) is 9.97 Å². The first-order valence-electron chi connectivity index (χ1n) is 8.53. The molecule has 28 heavy (non-hydrogen) atoms. The first-order chi connectivity index (χ1) is 13.5. The summed E-state index contributed by atoms with van der Waals surface area (Å²) >= 11 is 5.89. The van der Waals surface area contributed by atoms with Gasteiger partial charge in [0, 0.05) is 34.7 Å². The van der Waals surface area contributed by atoms with E-state index in [-0.39, 0.29) is 5.02 Å². The van der Waals surface area contributed by atoms with Crippen molar-refractivity contribution in [3.8, 4) is 17.2 Å². The molecule has 0 aliphatic heterocycles. The number of benzene rings is 2. The summed E-state index contributed by atoms with van der Waals surface area (Å²) in [6.45, 7) is 1.93. The number of nitrogens with one attached hydrogen (secondary N) is 1. The van der Waals surface area contributed by atoms with Gasteiger partial charge in [-0.2, -0.15) is 5.26 Å². The quantitative estimate of drug-likeness (QED) is 0.466. The second kappa shape index (κ2) is 7.26. The van der Waals surface area contributed by atoms with Crippen LogP contribution in [0.4, 0.5) is 15.8 Å². The van der Waals surface area contributed by atoms with Crippen LogP contribution in [0.25, 0.3) is 22.0 Å². The number of fused-ring (bicyclic) bond motifs is 1. The van der Waals surface area contributed by atoms with E-state index in [1.54, 1.807) is 6.07 Å². The number of anilines is 2. The second-order valence-electron chi connectivity index (χ2n) is 6.33. The second-order valence-corrected chi connectivity index (χ2v) is 6.74. The van der Waals surface area contributed by atoms with Crippen LogP contribution in [0.3, 0.4) is 0 Å². The van der Waals surface area contributed by atoms with E-state index in [1.807, 2.05) is 43.5 Å². The van der Waals surface area contributed by atoms with Gasteiger partial charge in [0.2, 0.25) is 0 Å². The van der Waals surface area contributed by atoms with Gasteiger partial charge in [-0.1, -0.05) is 23.7 Å². The number of nitriles is 1. The van der Waals surface area contributed by atoms with Gasteiger partial charge < -0.3 is 5.32 Å². The molecule has 4 aromatic rings. The highest BCUT2D eigenvalue weighted by Crippen LogP contribution is 2.33. The fraction of sp³-hybridized carbons (Fsp3) is 0.0455. The number of aromatic nitrogens is 2. The molecular formula is C22H14ClFN4. The smallest absolute Gasteiger partial charge is 0.141 e. The minimum atomic E-state index is -0.499. The van der Waals surface area contributed by atoms with E-state index in [9.17, 15) is 9.65 Å². The summed E-state index contributed by atoms with van der Waals surface area (Å²) < 4.78 is 13.5. The zero-order valence-corrected chi connectivity index (χ0v) is 15.6. The Hall–Kier alpha value is -3.49. The molecular weight excluding hydrogens is 375 g/mol. The Labute approximate surface area is 166 Å².